The summed E-state index contributed by atoms with van der Waals surface area (Å²) >= 11 is 0. The highest BCUT2D eigenvalue weighted by Gasteiger charge is 2.31. The largest absolute Gasteiger partial charge is 0.477 e. The lowest BCUT2D eigenvalue weighted by atomic mass is 10.1. The lowest BCUT2D eigenvalue weighted by Gasteiger charge is -2.31. The Morgan fingerprint density at radius 2 is 1.10 bits per heavy atom. The summed E-state index contributed by atoms with van der Waals surface area (Å²) in [6, 6.07) is -0.617. The van der Waals surface area contributed by atoms with Gasteiger partial charge in [0.15, 0.2) is 12.1 Å². The van der Waals surface area contributed by atoms with Gasteiger partial charge in [-0.2, -0.15) is 0 Å². The van der Waals surface area contributed by atoms with E-state index in [0.717, 1.165) is 83.5 Å². The van der Waals surface area contributed by atoms with Crippen LogP contribution < -0.4 is 0 Å². The van der Waals surface area contributed by atoms with E-state index in [2.05, 4.69) is 62.5 Å². The molecular weight excluding hydrogens is 642 g/mol. The molecular formula is C43H76NO7+. The number of carbonyl (C=O) groups excluding carboxylic acids is 2. The number of nitrogens with zero attached hydrogens (tertiary/aromatic N) is 1. The van der Waals surface area contributed by atoms with Crippen molar-refractivity contribution < 1.29 is 38.2 Å². The van der Waals surface area contributed by atoms with Gasteiger partial charge < -0.3 is 23.8 Å². The summed E-state index contributed by atoms with van der Waals surface area (Å²) in [5.41, 5.74) is 0. The van der Waals surface area contributed by atoms with E-state index in [1.807, 2.05) is 21.1 Å². The number of hydrogen-bond acceptors (Lipinski definition) is 6. The number of carbonyl (C=O) groups is 3. The molecule has 8 nitrogen and oxygen atoms in total. The highest BCUT2D eigenvalue weighted by molar-refractivity contribution is 5.72. The quantitative estimate of drug-likeness (QED) is 0.0301. The summed E-state index contributed by atoms with van der Waals surface area (Å²) in [6.45, 7) is 4.55. The number of likely N-dealkylation sites (N-methyl/N-ethyl adjacent to an activating group) is 1. The van der Waals surface area contributed by atoms with Crippen LogP contribution in [0, 0.1) is 0 Å². The third-order valence-electron chi connectivity index (χ3n) is 8.71. The first-order chi connectivity index (χ1) is 24.6. The molecule has 0 saturated heterocycles. The minimum absolute atomic E-state index is 0.0524. The van der Waals surface area contributed by atoms with Gasteiger partial charge in [0.1, 0.15) is 6.61 Å². The summed E-state index contributed by atoms with van der Waals surface area (Å²) in [5.74, 6) is -1.50. The Bertz CT molecular complexity index is 979. The van der Waals surface area contributed by atoms with Crippen molar-refractivity contribution >= 4 is 17.9 Å². The topological polar surface area (TPSA) is 99.1 Å². The molecule has 294 valence electrons. The van der Waals surface area contributed by atoms with E-state index in [-0.39, 0.29) is 36.2 Å². The summed E-state index contributed by atoms with van der Waals surface area (Å²) in [6.07, 6.45) is 38.6. The van der Waals surface area contributed by atoms with Gasteiger partial charge in [0.05, 0.1) is 34.4 Å². The van der Waals surface area contributed by atoms with E-state index in [1.54, 1.807) is 0 Å². The van der Waals surface area contributed by atoms with E-state index >= 15 is 0 Å². The molecule has 0 saturated carbocycles. The average molecular weight is 719 g/mol. The molecule has 2 atom stereocenters. The van der Waals surface area contributed by atoms with Crippen LogP contribution in [-0.2, 0) is 28.6 Å². The van der Waals surface area contributed by atoms with Crippen LogP contribution in [0.2, 0.25) is 0 Å². The number of carboxylic acids is 1. The zero-order chi connectivity index (χ0) is 37.8. The maximum atomic E-state index is 12.6. The Kier molecular flexibility index (Phi) is 32.6. The lowest BCUT2D eigenvalue weighted by Crippen LogP contribution is -2.50. The third-order valence-corrected chi connectivity index (χ3v) is 8.71. The molecule has 0 heterocycles. The van der Waals surface area contributed by atoms with Crippen LogP contribution in [0.15, 0.2) is 48.6 Å². The zero-order valence-corrected chi connectivity index (χ0v) is 33.3. The molecule has 51 heavy (non-hydrogen) atoms. The van der Waals surface area contributed by atoms with Crippen LogP contribution in [0.3, 0.4) is 0 Å². The molecule has 0 aliphatic rings. The molecule has 0 aromatic carbocycles. The van der Waals surface area contributed by atoms with E-state index in [0.29, 0.717) is 19.3 Å². The van der Waals surface area contributed by atoms with Crippen molar-refractivity contribution in [2.24, 2.45) is 0 Å². The van der Waals surface area contributed by atoms with Crippen LogP contribution in [-0.4, -0.2) is 80.6 Å². The molecule has 0 rings (SSSR count). The maximum absolute atomic E-state index is 12.6. The Balaban J connectivity index is 4.40. The summed E-state index contributed by atoms with van der Waals surface area (Å²) in [5, 5.41) is 9.59. The Hall–Kier alpha value is -2.71. The monoisotopic (exact) mass is 719 g/mol. The SMILES string of the molecule is CC/C=C/C/C=C/C/C=C/CCCCCCCCC(=O)OCC(COCCC(C(=O)O)[N+](C)(C)C)OC(=O)CCCCCCC/C=C/CCCC. The molecule has 8 heteroatoms. The zero-order valence-electron chi connectivity index (χ0n) is 33.3. The van der Waals surface area contributed by atoms with Crippen molar-refractivity contribution in [3.05, 3.63) is 48.6 Å². The normalized spacial score (nSPS) is 13.5. The number of carboxylic acid groups (broad SMARTS) is 1. The van der Waals surface area contributed by atoms with Gasteiger partial charge in [-0.15, -0.1) is 0 Å². The van der Waals surface area contributed by atoms with Gasteiger partial charge in [-0.1, -0.05) is 120 Å². The van der Waals surface area contributed by atoms with E-state index in [1.165, 1.54) is 38.5 Å². The minimum atomic E-state index is -0.881. The molecule has 0 fully saturated rings. The van der Waals surface area contributed by atoms with Gasteiger partial charge in [-0.25, -0.2) is 4.79 Å². The van der Waals surface area contributed by atoms with Crippen molar-refractivity contribution in [1.29, 1.82) is 0 Å². The van der Waals surface area contributed by atoms with Crippen LogP contribution in [0.5, 0.6) is 0 Å². The second-order valence-corrected chi connectivity index (χ2v) is 14.5. The molecule has 2 unspecified atom stereocenters. The second kappa shape index (κ2) is 34.4. The number of quaternary nitrogens is 1. The smallest absolute Gasteiger partial charge is 0.362 e. The Morgan fingerprint density at radius 1 is 0.608 bits per heavy atom. The van der Waals surface area contributed by atoms with Crippen molar-refractivity contribution in [1.82, 2.24) is 0 Å². The van der Waals surface area contributed by atoms with Crippen molar-refractivity contribution in [2.75, 3.05) is 41.0 Å². The van der Waals surface area contributed by atoms with Crippen LogP contribution in [0.25, 0.3) is 0 Å². The first-order valence-electron chi connectivity index (χ1n) is 20.2. The number of ether oxygens (including phenoxy) is 3. The van der Waals surface area contributed by atoms with E-state index in [4.69, 9.17) is 14.2 Å². The number of unbranched alkanes of at least 4 members (excludes halogenated alkanes) is 13. The molecule has 0 bridgehead atoms. The van der Waals surface area contributed by atoms with Gasteiger partial charge in [0.25, 0.3) is 0 Å². The fraction of sp³-hybridized carbons (Fsp3) is 0.744. The standard InChI is InChI=1S/C43H75NO7/c1-6-8-10-12-14-16-18-19-20-21-22-24-25-27-29-31-33-41(45)50-38-39(37-49-36-35-40(43(47)48)44(3,4)5)51-42(46)34-32-30-28-26-23-17-15-13-11-9-7-2/h8,10,13-16,19-20,39-40H,6-7,9,11-12,17-18,21-38H2,1-5H3/p+1/b10-8+,15-13+,16-14+,20-19+. The van der Waals surface area contributed by atoms with Crippen molar-refractivity contribution in [3.8, 4) is 0 Å². The van der Waals surface area contributed by atoms with Gasteiger partial charge >= 0.3 is 17.9 Å². The molecule has 0 amide bonds. The van der Waals surface area contributed by atoms with Crippen LogP contribution >= 0.6 is 0 Å². The fourth-order valence-corrected chi connectivity index (χ4v) is 5.56. The van der Waals surface area contributed by atoms with E-state index in [9.17, 15) is 19.5 Å². The molecule has 0 spiro atoms. The number of esters is 2. The Labute approximate surface area is 312 Å². The molecule has 0 aliphatic carbocycles. The number of hydrogen-bond donors (Lipinski definition) is 1. The molecule has 0 radical (unpaired) electrons. The van der Waals surface area contributed by atoms with Crippen molar-refractivity contribution in [2.45, 2.75) is 167 Å². The number of allylic oxidation sites excluding steroid dienone is 8. The molecule has 0 aliphatic heterocycles. The summed E-state index contributed by atoms with van der Waals surface area (Å²) in [4.78, 5) is 36.8. The minimum Gasteiger partial charge on any atom is -0.477 e. The average Bonchev–Trinajstić information content (AvgIpc) is 3.08. The van der Waals surface area contributed by atoms with Gasteiger partial charge in [-0.3, -0.25) is 9.59 Å². The fourth-order valence-electron chi connectivity index (χ4n) is 5.56. The van der Waals surface area contributed by atoms with Gasteiger partial charge in [-0.05, 0) is 64.2 Å². The highest BCUT2D eigenvalue weighted by atomic mass is 16.6. The summed E-state index contributed by atoms with van der Waals surface area (Å²) < 4.78 is 17.2. The third kappa shape index (κ3) is 32.9. The number of rotatable bonds is 35. The van der Waals surface area contributed by atoms with Gasteiger partial charge in [0.2, 0.25) is 0 Å². The first-order valence-corrected chi connectivity index (χ1v) is 20.2. The predicted molar refractivity (Wildman–Crippen MR) is 211 cm³/mol. The molecule has 0 aromatic heterocycles. The lowest BCUT2D eigenvalue weighted by molar-refractivity contribution is -0.887. The predicted octanol–water partition coefficient (Wildman–Crippen LogP) is 10.5. The number of aliphatic carboxylic acids is 1. The highest BCUT2D eigenvalue weighted by Crippen LogP contribution is 2.13. The summed E-state index contributed by atoms with van der Waals surface area (Å²) in [7, 11) is 5.51. The second-order valence-electron chi connectivity index (χ2n) is 14.5. The van der Waals surface area contributed by atoms with Crippen LogP contribution in [0.1, 0.15) is 155 Å². The van der Waals surface area contributed by atoms with Gasteiger partial charge in [0, 0.05) is 19.3 Å². The van der Waals surface area contributed by atoms with Crippen LogP contribution in [0.4, 0.5) is 0 Å². The Morgan fingerprint density at radius 3 is 1.65 bits per heavy atom. The van der Waals surface area contributed by atoms with Crippen molar-refractivity contribution in [3.63, 3.8) is 0 Å². The van der Waals surface area contributed by atoms with E-state index < -0.39 is 18.1 Å². The first kappa shape index (κ1) is 48.3. The maximum Gasteiger partial charge on any atom is 0.362 e. The molecule has 0 aromatic rings. The molecule has 1 N–H and O–H groups in total.